The van der Waals surface area contributed by atoms with Gasteiger partial charge in [-0.15, -0.1) is 0 Å². The molecule has 116 valence electrons. The molecule has 2 N–H and O–H groups in total. The van der Waals surface area contributed by atoms with Crippen molar-refractivity contribution in [2.24, 2.45) is 5.14 Å². The highest BCUT2D eigenvalue weighted by Crippen LogP contribution is 2.31. The van der Waals surface area contributed by atoms with Gasteiger partial charge in [-0.25, -0.2) is 17.9 Å². The third-order valence-corrected chi connectivity index (χ3v) is 4.83. The number of carbonyl (C=O) groups is 1. The smallest absolute Gasteiger partial charge is 0.257 e. The number of hydrogen-bond acceptors (Lipinski definition) is 3. The highest BCUT2D eigenvalue weighted by molar-refractivity contribution is 7.89. The van der Waals surface area contributed by atoms with Crippen LogP contribution in [0.4, 0.5) is 4.39 Å². The van der Waals surface area contributed by atoms with E-state index in [1.165, 1.54) is 6.92 Å². The third-order valence-electron chi connectivity index (χ3n) is 3.93. The van der Waals surface area contributed by atoms with Crippen LogP contribution in [0.2, 0.25) is 0 Å². The van der Waals surface area contributed by atoms with E-state index < -0.39 is 21.7 Å². The van der Waals surface area contributed by atoms with E-state index in [-0.39, 0.29) is 21.6 Å². The molecule has 1 aromatic rings. The average molecular weight is 314 g/mol. The summed E-state index contributed by atoms with van der Waals surface area (Å²) in [6.07, 6.45) is 1.67. The molecule has 1 fully saturated rings. The standard InChI is InChI=1S/C14H19FN2O3S/c1-9-7-10(21(16,19)20)8-11(12(9)15)13(18)17-6-4-5-14(17,2)3/h7-8H,4-6H2,1-3H3,(H2,16,19,20). The second-order valence-electron chi connectivity index (χ2n) is 6.02. The van der Waals surface area contributed by atoms with Gasteiger partial charge in [-0.3, -0.25) is 4.79 Å². The lowest BCUT2D eigenvalue weighted by Crippen LogP contribution is -2.43. The topological polar surface area (TPSA) is 80.5 Å². The maximum absolute atomic E-state index is 14.2. The van der Waals surface area contributed by atoms with Crippen molar-refractivity contribution < 1.29 is 17.6 Å². The number of benzene rings is 1. The molecule has 1 aromatic carbocycles. The van der Waals surface area contributed by atoms with Crippen LogP contribution in [-0.4, -0.2) is 31.3 Å². The molecule has 5 nitrogen and oxygen atoms in total. The maximum atomic E-state index is 14.2. The van der Waals surface area contributed by atoms with E-state index in [0.29, 0.717) is 6.54 Å². The first-order valence-corrected chi connectivity index (χ1v) is 8.23. The van der Waals surface area contributed by atoms with Gasteiger partial charge in [-0.05, 0) is 51.3 Å². The van der Waals surface area contributed by atoms with Gasteiger partial charge in [0, 0.05) is 12.1 Å². The van der Waals surface area contributed by atoms with Crippen molar-refractivity contribution in [3.05, 3.63) is 29.1 Å². The lowest BCUT2D eigenvalue weighted by atomic mass is 10.0. The summed E-state index contributed by atoms with van der Waals surface area (Å²) in [5.41, 5.74) is -0.523. The zero-order valence-corrected chi connectivity index (χ0v) is 13.1. The number of nitrogens with zero attached hydrogens (tertiary/aromatic N) is 1. The Balaban J connectivity index is 2.53. The van der Waals surface area contributed by atoms with Crippen molar-refractivity contribution in [3.8, 4) is 0 Å². The molecule has 0 saturated carbocycles. The minimum absolute atomic E-state index is 0.0851. The molecule has 7 heteroatoms. The van der Waals surface area contributed by atoms with E-state index in [0.717, 1.165) is 25.0 Å². The Morgan fingerprint density at radius 3 is 2.48 bits per heavy atom. The molecular weight excluding hydrogens is 295 g/mol. The maximum Gasteiger partial charge on any atom is 0.257 e. The van der Waals surface area contributed by atoms with E-state index in [1.807, 2.05) is 13.8 Å². The fourth-order valence-electron chi connectivity index (χ4n) is 2.69. The molecule has 0 atom stereocenters. The number of hydrogen-bond donors (Lipinski definition) is 1. The van der Waals surface area contributed by atoms with Gasteiger partial charge >= 0.3 is 0 Å². The first-order chi connectivity index (χ1) is 9.54. The molecule has 1 aliphatic rings. The predicted octanol–water partition coefficient (Wildman–Crippen LogP) is 1.80. The quantitative estimate of drug-likeness (QED) is 0.904. The van der Waals surface area contributed by atoms with E-state index >= 15 is 0 Å². The van der Waals surface area contributed by atoms with E-state index in [1.54, 1.807) is 4.90 Å². The zero-order chi connectivity index (χ0) is 16.0. The summed E-state index contributed by atoms with van der Waals surface area (Å²) >= 11 is 0. The monoisotopic (exact) mass is 314 g/mol. The number of likely N-dealkylation sites (tertiary alicyclic amines) is 1. The summed E-state index contributed by atoms with van der Waals surface area (Å²) in [6, 6.07) is 2.16. The molecule has 21 heavy (non-hydrogen) atoms. The Labute approximate surface area is 124 Å². The van der Waals surface area contributed by atoms with Crippen LogP contribution < -0.4 is 5.14 Å². The van der Waals surface area contributed by atoms with Gasteiger partial charge in [-0.2, -0.15) is 0 Å². The van der Waals surface area contributed by atoms with Crippen LogP contribution in [-0.2, 0) is 10.0 Å². The number of amides is 1. The summed E-state index contributed by atoms with van der Waals surface area (Å²) in [7, 11) is -3.99. The Morgan fingerprint density at radius 1 is 1.38 bits per heavy atom. The average Bonchev–Trinajstić information content (AvgIpc) is 2.70. The van der Waals surface area contributed by atoms with Crippen molar-refractivity contribution >= 4 is 15.9 Å². The molecule has 1 aliphatic heterocycles. The van der Waals surface area contributed by atoms with Crippen LogP contribution in [0.5, 0.6) is 0 Å². The van der Waals surface area contributed by atoms with Crippen LogP contribution in [0.3, 0.4) is 0 Å². The number of carbonyl (C=O) groups excluding carboxylic acids is 1. The molecule has 1 saturated heterocycles. The molecule has 1 heterocycles. The van der Waals surface area contributed by atoms with Crippen molar-refractivity contribution in [1.82, 2.24) is 4.90 Å². The molecule has 0 unspecified atom stereocenters. The van der Waals surface area contributed by atoms with Gasteiger partial charge < -0.3 is 4.90 Å². The van der Waals surface area contributed by atoms with Gasteiger partial charge in [0.15, 0.2) is 0 Å². The minimum Gasteiger partial charge on any atom is -0.333 e. The Kier molecular flexibility index (Phi) is 3.84. The molecule has 0 aromatic heterocycles. The normalized spacial score (nSPS) is 18.0. The number of primary sulfonamides is 1. The Bertz CT molecular complexity index is 698. The highest BCUT2D eigenvalue weighted by atomic mass is 32.2. The number of sulfonamides is 1. The number of aryl methyl sites for hydroxylation is 1. The van der Waals surface area contributed by atoms with Crippen LogP contribution in [0.1, 0.15) is 42.6 Å². The number of halogens is 1. The van der Waals surface area contributed by atoms with Crippen LogP contribution >= 0.6 is 0 Å². The van der Waals surface area contributed by atoms with E-state index in [4.69, 9.17) is 5.14 Å². The van der Waals surface area contributed by atoms with Crippen molar-refractivity contribution in [1.29, 1.82) is 0 Å². The molecule has 1 amide bonds. The number of rotatable bonds is 2. The third kappa shape index (κ3) is 2.94. The van der Waals surface area contributed by atoms with Gasteiger partial charge in [0.05, 0.1) is 10.5 Å². The first-order valence-electron chi connectivity index (χ1n) is 6.69. The van der Waals surface area contributed by atoms with Gasteiger partial charge in [0.25, 0.3) is 5.91 Å². The van der Waals surface area contributed by atoms with Gasteiger partial charge in [0.1, 0.15) is 5.82 Å². The summed E-state index contributed by atoms with van der Waals surface area (Å²) in [6.45, 7) is 5.76. The molecule has 2 rings (SSSR count). The Hall–Kier alpha value is -1.47. The lowest BCUT2D eigenvalue weighted by molar-refractivity contribution is 0.0646. The highest BCUT2D eigenvalue weighted by Gasteiger charge is 2.37. The van der Waals surface area contributed by atoms with E-state index in [9.17, 15) is 17.6 Å². The van der Waals surface area contributed by atoms with Crippen LogP contribution in [0.25, 0.3) is 0 Å². The molecule has 0 bridgehead atoms. The van der Waals surface area contributed by atoms with E-state index in [2.05, 4.69) is 0 Å². The molecule has 0 aliphatic carbocycles. The Morgan fingerprint density at radius 2 is 2.00 bits per heavy atom. The largest absolute Gasteiger partial charge is 0.333 e. The molecule has 0 spiro atoms. The fourth-order valence-corrected chi connectivity index (χ4v) is 3.31. The second-order valence-corrected chi connectivity index (χ2v) is 7.58. The van der Waals surface area contributed by atoms with Gasteiger partial charge in [0.2, 0.25) is 10.0 Å². The van der Waals surface area contributed by atoms with Crippen molar-refractivity contribution in [2.75, 3.05) is 6.54 Å². The number of nitrogens with two attached hydrogens (primary N) is 1. The fraction of sp³-hybridized carbons (Fsp3) is 0.500. The van der Waals surface area contributed by atoms with Crippen LogP contribution in [0.15, 0.2) is 17.0 Å². The van der Waals surface area contributed by atoms with Crippen molar-refractivity contribution in [3.63, 3.8) is 0 Å². The first kappa shape index (κ1) is 15.9. The summed E-state index contributed by atoms with van der Waals surface area (Å²) in [5.74, 6) is -1.20. The SMILES string of the molecule is Cc1cc(S(N)(=O)=O)cc(C(=O)N2CCCC2(C)C)c1F. The predicted molar refractivity (Wildman–Crippen MR) is 76.9 cm³/mol. The lowest BCUT2D eigenvalue weighted by Gasteiger charge is -2.32. The summed E-state index contributed by atoms with van der Waals surface area (Å²) < 4.78 is 37.1. The molecular formula is C14H19FN2O3S. The summed E-state index contributed by atoms with van der Waals surface area (Å²) in [4.78, 5) is 13.9. The van der Waals surface area contributed by atoms with Gasteiger partial charge in [-0.1, -0.05) is 0 Å². The molecule has 0 radical (unpaired) electrons. The zero-order valence-electron chi connectivity index (χ0n) is 12.3. The van der Waals surface area contributed by atoms with Crippen molar-refractivity contribution in [2.45, 2.75) is 44.0 Å². The van der Waals surface area contributed by atoms with Crippen LogP contribution in [0, 0.1) is 12.7 Å². The second kappa shape index (κ2) is 5.06. The minimum atomic E-state index is -3.99. The summed E-state index contributed by atoms with van der Waals surface area (Å²) in [5, 5.41) is 5.08.